The fourth-order valence-corrected chi connectivity index (χ4v) is 3.26. The first kappa shape index (κ1) is 17.1. The molecule has 0 spiro atoms. The van der Waals surface area contributed by atoms with E-state index >= 15 is 0 Å². The number of carbonyl (C=O) groups excluding carboxylic acids is 1. The molecule has 25 heavy (non-hydrogen) atoms. The van der Waals surface area contributed by atoms with Gasteiger partial charge in [-0.2, -0.15) is 0 Å². The second-order valence-corrected chi connectivity index (χ2v) is 6.32. The van der Waals surface area contributed by atoms with E-state index in [4.69, 9.17) is 0 Å². The Morgan fingerprint density at radius 1 is 1.20 bits per heavy atom. The highest BCUT2D eigenvalue weighted by Crippen LogP contribution is 2.27. The SMILES string of the molecule is CCN(CC)C(=O)c1cccc(Nc2nc(-c3cccnc3)cs2)c1. The Hall–Kier alpha value is -2.73. The molecule has 0 aliphatic heterocycles. The number of hydrogen-bond donors (Lipinski definition) is 1. The summed E-state index contributed by atoms with van der Waals surface area (Å²) in [6.07, 6.45) is 3.54. The van der Waals surface area contributed by atoms with Crippen LogP contribution in [0.15, 0.2) is 54.2 Å². The number of amides is 1. The lowest BCUT2D eigenvalue weighted by Gasteiger charge is -2.18. The predicted molar refractivity (Wildman–Crippen MR) is 102 cm³/mol. The van der Waals surface area contributed by atoms with Gasteiger partial charge in [-0.3, -0.25) is 9.78 Å². The van der Waals surface area contributed by atoms with E-state index in [1.807, 2.05) is 60.5 Å². The molecule has 2 heterocycles. The highest BCUT2D eigenvalue weighted by atomic mass is 32.1. The lowest BCUT2D eigenvalue weighted by Crippen LogP contribution is -2.30. The Balaban J connectivity index is 1.77. The summed E-state index contributed by atoms with van der Waals surface area (Å²) in [5.74, 6) is 0.0452. The predicted octanol–water partition coefficient (Wildman–Crippen LogP) is 4.43. The summed E-state index contributed by atoms with van der Waals surface area (Å²) in [6.45, 7) is 5.37. The number of rotatable bonds is 6. The van der Waals surface area contributed by atoms with Crippen molar-refractivity contribution in [1.82, 2.24) is 14.9 Å². The van der Waals surface area contributed by atoms with Crippen LogP contribution < -0.4 is 5.32 Å². The van der Waals surface area contributed by atoms with Gasteiger partial charge in [0.25, 0.3) is 5.91 Å². The summed E-state index contributed by atoms with van der Waals surface area (Å²) in [5, 5.41) is 6.05. The molecule has 0 radical (unpaired) electrons. The third-order valence-corrected chi connectivity index (χ3v) is 4.63. The quantitative estimate of drug-likeness (QED) is 0.713. The molecule has 0 fully saturated rings. The number of anilines is 2. The summed E-state index contributed by atoms with van der Waals surface area (Å²) in [5.41, 5.74) is 3.40. The smallest absolute Gasteiger partial charge is 0.253 e. The molecule has 0 aliphatic carbocycles. The van der Waals surface area contributed by atoms with Gasteiger partial charge < -0.3 is 10.2 Å². The zero-order chi connectivity index (χ0) is 17.6. The molecule has 2 aromatic heterocycles. The number of nitrogens with one attached hydrogen (secondary N) is 1. The second-order valence-electron chi connectivity index (χ2n) is 5.46. The lowest BCUT2D eigenvalue weighted by molar-refractivity contribution is 0.0773. The summed E-state index contributed by atoms with van der Waals surface area (Å²) >= 11 is 1.52. The van der Waals surface area contributed by atoms with Crippen LogP contribution in [0.25, 0.3) is 11.3 Å². The second kappa shape index (κ2) is 7.90. The van der Waals surface area contributed by atoms with Gasteiger partial charge in [-0.05, 0) is 44.2 Å². The van der Waals surface area contributed by atoms with Crippen LogP contribution >= 0.6 is 11.3 Å². The zero-order valence-corrected chi connectivity index (χ0v) is 15.1. The summed E-state index contributed by atoms with van der Waals surface area (Å²) < 4.78 is 0. The van der Waals surface area contributed by atoms with Crippen LogP contribution in [0.1, 0.15) is 24.2 Å². The van der Waals surface area contributed by atoms with E-state index in [2.05, 4.69) is 15.3 Å². The molecular formula is C19H20N4OS. The highest BCUT2D eigenvalue weighted by Gasteiger charge is 2.13. The molecule has 0 bridgehead atoms. The molecule has 1 N–H and O–H groups in total. The van der Waals surface area contributed by atoms with Gasteiger partial charge in [-0.15, -0.1) is 11.3 Å². The van der Waals surface area contributed by atoms with Crippen LogP contribution in [0.2, 0.25) is 0 Å². The Kier molecular flexibility index (Phi) is 5.40. The first-order valence-corrected chi connectivity index (χ1v) is 9.11. The highest BCUT2D eigenvalue weighted by molar-refractivity contribution is 7.14. The fraction of sp³-hybridized carbons (Fsp3) is 0.211. The summed E-state index contributed by atoms with van der Waals surface area (Å²) in [4.78, 5) is 23.0. The number of thiazole rings is 1. The number of hydrogen-bond acceptors (Lipinski definition) is 5. The van der Waals surface area contributed by atoms with Crippen molar-refractivity contribution in [3.63, 3.8) is 0 Å². The maximum Gasteiger partial charge on any atom is 0.253 e. The van der Waals surface area contributed by atoms with Gasteiger partial charge in [-0.25, -0.2) is 4.98 Å². The molecule has 128 valence electrons. The lowest BCUT2D eigenvalue weighted by atomic mass is 10.1. The maximum atomic E-state index is 12.5. The Morgan fingerprint density at radius 3 is 2.76 bits per heavy atom. The van der Waals surface area contributed by atoms with Crippen LogP contribution in [-0.4, -0.2) is 33.9 Å². The van der Waals surface area contributed by atoms with Gasteiger partial charge in [0.1, 0.15) is 0 Å². The molecular weight excluding hydrogens is 332 g/mol. The Labute approximate surface area is 151 Å². The average Bonchev–Trinajstić information content (AvgIpc) is 3.12. The van der Waals surface area contributed by atoms with Gasteiger partial charge >= 0.3 is 0 Å². The minimum absolute atomic E-state index is 0.0452. The van der Waals surface area contributed by atoms with E-state index in [9.17, 15) is 4.79 Å². The van der Waals surface area contributed by atoms with Crippen molar-refractivity contribution in [3.8, 4) is 11.3 Å². The molecule has 3 rings (SSSR count). The number of pyridine rings is 1. The topological polar surface area (TPSA) is 58.1 Å². The molecule has 0 saturated carbocycles. The van der Waals surface area contributed by atoms with Crippen LogP contribution in [0, 0.1) is 0 Å². The molecule has 0 aliphatic rings. The largest absolute Gasteiger partial charge is 0.339 e. The number of nitrogens with zero attached hydrogens (tertiary/aromatic N) is 3. The van der Waals surface area contributed by atoms with Gasteiger partial charge in [0.2, 0.25) is 0 Å². The molecule has 0 unspecified atom stereocenters. The first-order valence-electron chi connectivity index (χ1n) is 8.23. The minimum Gasteiger partial charge on any atom is -0.339 e. The Morgan fingerprint density at radius 2 is 2.04 bits per heavy atom. The molecule has 0 atom stereocenters. The summed E-state index contributed by atoms with van der Waals surface area (Å²) in [6, 6.07) is 11.4. The van der Waals surface area contributed by atoms with Crippen molar-refractivity contribution in [2.75, 3.05) is 18.4 Å². The van der Waals surface area contributed by atoms with E-state index in [0.717, 1.165) is 22.1 Å². The number of carbonyl (C=O) groups is 1. The average molecular weight is 352 g/mol. The number of benzene rings is 1. The van der Waals surface area contributed by atoms with Gasteiger partial charge in [-0.1, -0.05) is 6.07 Å². The van der Waals surface area contributed by atoms with Crippen LogP contribution in [0.4, 0.5) is 10.8 Å². The zero-order valence-electron chi connectivity index (χ0n) is 14.3. The van der Waals surface area contributed by atoms with Crippen LogP contribution in [0.5, 0.6) is 0 Å². The van der Waals surface area contributed by atoms with E-state index in [1.54, 1.807) is 12.4 Å². The van der Waals surface area contributed by atoms with E-state index in [1.165, 1.54) is 11.3 Å². The maximum absolute atomic E-state index is 12.5. The van der Waals surface area contributed by atoms with Crippen molar-refractivity contribution in [3.05, 3.63) is 59.7 Å². The first-order chi connectivity index (χ1) is 12.2. The standard InChI is InChI=1S/C19H20N4OS/c1-3-23(4-2)18(24)14-7-5-9-16(11-14)21-19-22-17(13-25-19)15-8-6-10-20-12-15/h5-13H,3-4H2,1-2H3,(H,21,22). The van der Waals surface area contributed by atoms with Gasteiger partial charge in [0.15, 0.2) is 5.13 Å². The van der Waals surface area contributed by atoms with Gasteiger partial charge in [0, 0.05) is 47.7 Å². The monoisotopic (exact) mass is 352 g/mol. The van der Waals surface area contributed by atoms with Gasteiger partial charge in [0.05, 0.1) is 5.69 Å². The normalized spacial score (nSPS) is 10.5. The molecule has 3 aromatic rings. The molecule has 1 amide bonds. The molecule has 5 nitrogen and oxygen atoms in total. The van der Waals surface area contributed by atoms with Crippen molar-refractivity contribution in [1.29, 1.82) is 0 Å². The fourth-order valence-electron chi connectivity index (χ4n) is 2.52. The van der Waals surface area contributed by atoms with E-state index in [0.29, 0.717) is 18.7 Å². The van der Waals surface area contributed by atoms with Crippen LogP contribution in [-0.2, 0) is 0 Å². The third-order valence-electron chi connectivity index (χ3n) is 3.87. The van der Waals surface area contributed by atoms with Crippen molar-refractivity contribution < 1.29 is 4.79 Å². The molecule has 6 heteroatoms. The Bertz CT molecular complexity index is 843. The third kappa shape index (κ3) is 4.03. The number of aromatic nitrogens is 2. The van der Waals surface area contributed by atoms with Crippen LogP contribution in [0.3, 0.4) is 0 Å². The van der Waals surface area contributed by atoms with E-state index < -0.39 is 0 Å². The molecule has 0 saturated heterocycles. The summed E-state index contributed by atoms with van der Waals surface area (Å²) in [7, 11) is 0. The van der Waals surface area contributed by atoms with Crippen molar-refractivity contribution >= 4 is 28.1 Å². The molecule has 1 aromatic carbocycles. The minimum atomic E-state index is 0.0452. The van der Waals surface area contributed by atoms with Crippen molar-refractivity contribution in [2.45, 2.75) is 13.8 Å². The van der Waals surface area contributed by atoms with E-state index in [-0.39, 0.29) is 5.91 Å². The van der Waals surface area contributed by atoms with Crippen molar-refractivity contribution in [2.24, 2.45) is 0 Å².